The van der Waals surface area contributed by atoms with Crippen LogP contribution in [0.2, 0.25) is 0 Å². The zero-order valence-electron chi connectivity index (χ0n) is 10.3. The summed E-state index contributed by atoms with van der Waals surface area (Å²) >= 11 is 0. The van der Waals surface area contributed by atoms with Crippen LogP contribution in [0, 0.1) is 5.92 Å². The Labute approximate surface area is 98.2 Å². The molecule has 0 heterocycles. The van der Waals surface area contributed by atoms with Gasteiger partial charge in [-0.15, -0.1) is 0 Å². The fourth-order valence-electron chi connectivity index (χ4n) is 3.05. The van der Waals surface area contributed by atoms with E-state index in [2.05, 4.69) is 12.2 Å². The van der Waals surface area contributed by atoms with Crippen molar-refractivity contribution in [2.75, 3.05) is 0 Å². The highest BCUT2D eigenvalue weighted by molar-refractivity contribution is 5.77. The van der Waals surface area contributed by atoms with Gasteiger partial charge >= 0.3 is 0 Å². The third-order valence-corrected chi connectivity index (χ3v) is 4.10. The first-order valence-corrected chi connectivity index (χ1v) is 6.66. The Bertz CT molecular complexity index is 253. The summed E-state index contributed by atoms with van der Waals surface area (Å²) in [7, 11) is 0. The predicted molar refractivity (Wildman–Crippen MR) is 64.9 cm³/mol. The Balaban J connectivity index is 1.73. The van der Waals surface area contributed by atoms with Gasteiger partial charge in [-0.25, -0.2) is 0 Å². The molecule has 2 aliphatic rings. The van der Waals surface area contributed by atoms with Gasteiger partial charge < -0.3 is 11.1 Å². The highest BCUT2D eigenvalue weighted by Gasteiger charge is 2.32. The monoisotopic (exact) mass is 224 g/mol. The SMILES string of the molecule is CC1CC(NC(=O)CC2(N)CCCCC2)C1. The second-order valence-corrected chi connectivity index (χ2v) is 5.94. The first kappa shape index (κ1) is 11.9. The molecule has 0 aromatic carbocycles. The molecule has 2 rings (SSSR count). The van der Waals surface area contributed by atoms with Crippen molar-refractivity contribution in [1.82, 2.24) is 5.32 Å². The van der Waals surface area contributed by atoms with Crippen LogP contribution in [-0.4, -0.2) is 17.5 Å². The molecule has 92 valence electrons. The minimum absolute atomic E-state index is 0.168. The van der Waals surface area contributed by atoms with Gasteiger partial charge in [-0.05, 0) is 31.6 Å². The minimum Gasteiger partial charge on any atom is -0.353 e. The van der Waals surface area contributed by atoms with E-state index in [4.69, 9.17) is 5.73 Å². The van der Waals surface area contributed by atoms with Crippen LogP contribution in [0.5, 0.6) is 0 Å². The lowest BCUT2D eigenvalue weighted by atomic mass is 9.79. The molecule has 2 saturated carbocycles. The molecule has 3 N–H and O–H groups in total. The van der Waals surface area contributed by atoms with E-state index in [0.717, 1.165) is 31.6 Å². The van der Waals surface area contributed by atoms with Gasteiger partial charge in [0.25, 0.3) is 0 Å². The Morgan fingerprint density at radius 3 is 2.50 bits per heavy atom. The van der Waals surface area contributed by atoms with Crippen molar-refractivity contribution < 1.29 is 4.79 Å². The maximum atomic E-state index is 11.8. The number of hydrogen-bond donors (Lipinski definition) is 2. The maximum Gasteiger partial charge on any atom is 0.222 e. The highest BCUT2D eigenvalue weighted by atomic mass is 16.1. The van der Waals surface area contributed by atoms with Crippen molar-refractivity contribution in [3.8, 4) is 0 Å². The molecule has 0 saturated heterocycles. The number of hydrogen-bond acceptors (Lipinski definition) is 2. The summed E-state index contributed by atoms with van der Waals surface area (Å²) in [4.78, 5) is 11.8. The molecular formula is C13H24N2O. The molecule has 0 aliphatic heterocycles. The summed E-state index contributed by atoms with van der Waals surface area (Å²) in [6.45, 7) is 2.23. The second-order valence-electron chi connectivity index (χ2n) is 5.94. The summed E-state index contributed by atoms with van der Waals surface area (Å²) in [5, 5.41) is 3.10. The molecule has 0 spiro atoms. The Morgan fingerprint density at radius 2 is 1.94 bits per heavy atom. The fourth-order valence-corrected chi connectivity index (χ4v) is 3.05. The molecule has 16 heavy (non-hydrogen) atoms. The molecule has 0 unspecified atom stereocenters. The standard InChI is InChI=1S/C13H24N2O/c1-10-7-11(8-10)15-12(16)9-13(14)5-3-2-4-6-13/h10-11H,2-9,14H2,1H3,(H,15,16). The first-order valence-electron chi connectivity index (χ1n) is 6.66. The van der Waals surface area contributed by atoms with E-state index in [1.165, 1.54) is 19.3 Å². The number of nitrogens with two attached hydrogens (primary N) is 1. The number of carbonyl (C=O) groups is 1. The Morgan fingerprint density at radius 1 is 1.31 bits per heavy atom. The molecule has 2 fully saturated rings. The van der Waals surface area contributed by atoms with Crippen LogP contribution in [0.3, 0.4) is 0 Å². The summed E-state index contributed by atoms with van der Waals surface area (Å²) in [5.74, 6) is 0.952. The van der Waals surface area contributed by atoms with Gasteiger partial charge in [-0.3, -0.25) is 4.79 Å². The summed E-state index contributed by atoms with van der Waals surface area (Å²) < 4.78 is 0. The molecule has 3 heteroatoms. The average Bonchev–Trinajstić information content (AvgIpc) is 2.15. The maximum absolute atomic E-state index is 11.8. The van der Waals surface area contributed by atoms with Gasteiger partial charge in [0.05, 0.1) is 0 Å². The summed E-state index contributed by atoms with van der Waals surface area (Å²) in [6, 6.07) is 0.426. The van der Waals surface area contributed by atoms with Gasteiger partial charge in [0, 0.05) is 18.0 Å². The summed E-state index contributed by atoms with van der Waals surface area (Å²) in [5.41, 5.74) is 6.05. The number of nitrogens with one attached hydrogen (secondary N) is 1. The molecule has 0 aromatic rings. The van der Waals surface area contributed by atoms with Crippen molar-refractivity contribution in [2.45, 2.75) is 69.9 Å². The molecule has 0 radical (unpaired) electrons. The average molecular weight is 224 g/mol. The van der Waals surface area contributed by atoms with Crippen LogP contribution in [0.4, 0.5) is 0 Å². The minimum atomic E-state index is -0.211. The van der Waals surface area contributed by atoms with E-state index in [-0.39, 0.29) is 11.4 Å². The van der Waals surface area contributed by atoms with Crippen LogP contribution < -0.4 is 11.1 Å². The van der Waals surface area contributed by atoms with Crippen molar-refractivity contribution in [1.29, 1.82) is 0 Å². The third kappa shape index (κ3) is 2.97. The van der Waals surface area contributed by atoms with Gasteiger partial charge in [-0.1, -0.05) is 26.2 Å². The lowest BCUT2D eigenvalue weighted by Gasteiger charge is -2.36. The lowest BCUT2D eigenvalue weighted by molar-refractivity contribution is -0.124. The van der Waals surface area contributed by atoms with Crippen LogP contribution >= 0.6 is 0 Å². The fraction of sp³-hybridized carbons (Fsp3) is 0.923. The zero-order chi connectivity index (χ0) is 11.6. The second kappa shape index (κ2) is 4.74. The lowest BCUT2D eigenvalue weighted by Crippen LogP contribution is -2.49. The van der Waals surface area contributed by atoms with Crippen molar-refractivity contribution in [2.24, 2.45) is 11.7 Å². The highest BCUT2D eigenvalue weighted by Crippen LogP contribution is 2.30. The number of amides is 1. The molecule has 0 atom stereocenters. The summed E-state index contributed by atoms with van der Waals surface area (Å²) in [6.07, 6.45) is 8.49. The first-order chi connectivity index (χ1) is 7.57. The van der Waals surface area contributed by atoms with Gasteiger partial charge in [0.2, 0.25) is 5.91 Å². The topological polar surface area (TPSA) is 55.1 Å². The molecule has 2 aliphatic carbocycles. The van der Waals surface area contributed by atoms with Crippen molar-refractivity contribution >= 4 is 5.91 Å². The van der Waals surface area contributed by atoms with Crippen LogP contribution in [0.1, 0.15) is 58.3 Å². The number of carbonyl (C=O) groups excluding carboxylic acids is 1. The Kier molecular flexibility index (Phi) is 3.53. The van der Waals surface area contributed by atoms with Gasteiger partial charge in [0.1, 0.15) is 0 Å². The van der Waals surface area contributed by atoms with Crippen molar-refractivity contribution in [3.63, 3.8) is 0 Å². The molecular weight excluding hydrogens is 200 g/mol. The number of rotatable bonds is 3. The molecule has 1 amide bonds. The van der Waals surface area contributed by atoms with Crippen LogP contribution in [0.15, 0.2) is 0 Å². The van der Waals surface area contributed by atoms with E-state index in [0.29, 0.717) is 12.5 Å². The van der Waals surface area contributed by atoms with E-state index >= 15 is 0 Å². The van der Waals surface area contributed by atoms with Crippen LogP contribution in [-0.2, 0) is 4.79 Å². The zero-order valence-corrected chi connectivity index (χ0v) is 10.3. The Hall–Kier alpha value is -0.570. The normalized spacial score (nSPS) is 32.9. The predicted octanol–water partition coefficient (Wildman–Crippen LogP) is 1.95. The molecule has 0 aromatic heterocycles. The van der Waals surface area contributed by atoms with Crippen LogP contribution in [0.25, 0.3) is 0 Å². The van der Waals surface area contributed by atoms with E-state index in [1.54, 1.807) is 0 Å². The van der Waals surface area contributed by atoms with E-state index in [1.807, 2.05) is 0 Å². The largest absolute Gasteiger partial charge is 0.353 e. The van der Waals surface area contributed by atoms with E-state index < -0.39 is 0 Å². The molecule has 0 bridgehead atoms. The van der Waals surface area contributed by atoms with Gasteiger partial charge in [-0.2, -0.15) is 0 Å². The van der Waals surface area contributed by atoms with Crippen molar-refractivity contribution in [3.05, 3.63) is 0 Å². The molecule has 3 nitrogen and oxygen atoms in total. The van der Waals surface area contributed by atoms with E-state index in [9.17, 15) is 4.79 Å². The quantitative estimate of drug-likeness (QED) is 0.770. The third-order valence-electron chi connectivity index (χ3n) is 4.10. The van der Waals surface area contributed by atoms with Gasteiger partial charge in [0.15, 0.2) is 0 Å². The smallest absolute Gasteiger partial charge is 0.222 e.